The molecule has 0 atom stereocenters. The van der Waals surface area contributed by atoms with Gasteiger partial charge in [0.25, 0.3) is 5.91 Å². The van der Waals surface area contributed by atoms with Crippen LogP contribution in [0.1, 0.15) is 45.0 Å². The molecule has 1 aliphatic rings. The molecule has 2 aromatic heterocycles. The fourth-order valence-electron chi connectivity index (χ4n) is 4.20. The van der Waals surface area contributed by atoms with E-state index in [4.69, 9.17) is 13.9 Å². The highest BCUT2D eigenvalue weighted by Crippen LogP contribution is 2.37. The van der Waals surface area contributed by atoms with Crippen LogP contribution in [0.4, 0.5) is 5.13 Å². The van der Waals surface area contributed by atoms with Crippen LogP contribution in [0.2, 0.25) is 0 Å². The molecule has 5 rings (SSSR count). The fourth-order valence-corrected chi connectivity index (χ4v) is 5.01. The van der Waals surface area contributed by atoms with Gasteiger partial charge in [0, 0.05) is 19.0 Å². The maximum atomic E-state index is 12.8. The van der Waals surface area contributed by atoms with Gasteiger partial charge in [0.15, 0.2) is 22.4 Å². The quantitative estimate of drug-likeness (QED) is 0.366. The molecule has 0 spiro atoms. The summed E-state index contributed by atoms with van der Waals surface area (Å²) in [6.45, 7) is 7.60. The molecular formula is C27H26N2O4S. The summed E-state index contributed by atoms with van der Waals surface area (Å²) in [4.78, 5) is 18.1. The Morgan fingerprint density at radius 2 is 1.76 bits per heavy atom. The lowest BCUT2D eigenvalue weighted by Gasteiger charge is -2.09. The number of carbonyl (C=O) groups is 1. The summed E-state index contributed by atoms with van der Waals surface area (Å²) in [7, 11) is 0. The maximum absolute atomic E-state index is 12.8. The molecule has 34 heavy (non-hydrogen) atoms. The Bertz CT molecular complexity index is 1330. The second-order valence-electron chi connectivity index (χ2n) is 8.52. The van der Waals surface area contributed by atoms with Crippen LogP contribution < -0.4 is 14.8 Å². The summed E-state index contributed by atoms with van der Waals surface area (Å²) in [6.07, 6.45) is 3.26. The number of hydrogen-bond acceptors (Lipinski definition) is 6. The van der Waals surface area contributed by atoms with Gasteiger partial charge in [-0.25, -0.2) is 4.98 Å². The van der Waals surface area contributed by atoms with Crippen molar-refractivity contribution in [3.8, 4) is 21.9 Å². The number of aromatic nitrogens is 1. The monoisotopic (exact) mass is 474 g/mol. The Morgan fingerprint density at radius 1 is 1.00 bits per heavy atom. The molecule has 1 amide bonds. The Hall–Kier alpha value is -3.58. The van der Waals surface area contributed by atoms with Crippen molar-refractivity contribution in [2.75, 3.05) is 18.5 Å². The van der Waals surface area contributed by atoms with E-state index in [1.54, 1.807) is 12.3 Å². The molecule has 174 valence electrons. The van der Waals surface area contributed by atoms with Crippen molar-refractivity contribution in [1.29, 1.82) is 0 Å². The summed E-state index contributed by atoms with van der Waals surface area (Å²) in [6, 6.07) is 13.7. The lowest BCUT2D eigenvalue weighted by atomic mass is 9.97. The van der Waals surface area contributed by atoms with E-state index in [1.807, 2.05) is 24.3 Å². The van der Waals surface area contributed by atoms with Crippen LogP contribution in [0.3, 0.4) is 0 Å². The standard InChI is InChI=1S/C27H26N2O4S/c1-16-11-17(2)21(18(3)12-16)14-20-6-8-23(33-20)26(30)29-27-28-15-25(34-27)19-5-7-22-24(13-19)32-10-4-9-31-22/h5-8,11-13,15H,4,9-10,14H2,1-3H3,(H,28,29,30). The molecule has 0 radical (unpaired) electrons. The summed E-state index contributed by atoms with van der Waals surface area (Å²) >= 11 is 1.40. The molecule has 0 fully saturated rings. The second-order valence-corrected chi connectivity index (χ2v) is 9.55. The molecule has 0 saturated heterocycles. The van der Waals surface area contributed by atoms with Crippen molar-refractivity contribution in [2.24, 2.45) is 0 Å². The van der Waals surface area contributed by atoms with Crippen LogP contribution in [0.5, 0.6) is 11.5 Å². The smallest absolute Gasteiger partial charge is 0.293 e. The third kappa shape index (κ3) is 4.70. The number of fused-ring (bicyclic) bond motifs is 1. The van der Waals surface area contributed by atoms with Crippen molar-refractivity contribution in [1.82, 2.24) is 4.98 Å². The number of ether oxygens (including phenoxy) is 2. The number of amides is 1. The van der Waals surface area contributed by atoms with E-state index in [1.165, 1.54) is 33.6 Å². The molecule has 0 bridgehead atoms. The molecule has 3 heterocycles. The average molecular weight is 475 g/mol. The van der Waals surface area contributed by atoms with Gasteiger partial charge in [-0.05, 0) is 73.4 Å². The Balaban J connectivity index is 1.27. The van der Waals surface area contributed by atoms with E-state index in [0.29, 0.717) is 24.8 Å². The zero-order chi connectivity index (χ0) is 23.7. The lowest BCUT2D eigenvalue weighted by Crippen LogP contribution is -2.10. The molecule has 0 unspecified atom stereocenters. The number of benzene rings is 2. The van der Waals surface area contributed by atoms with Gasteiger partial charge in [-0.2, -0.15) is 0 Å². The lowest BCUT2D eigenvalue weighted by molar-refractivity contribution is 0.0995. The fraction of sp³-hybridized carbons (Fsp3) is 0.259. The largest absolute Gasteiger partial charge is 0.490 e. The highest BCUT2D eigenvalue weighted by molar-refractivity contribution is 7.19. The molecule has 7 heteroatoms. The predicted molar refractivity (Wildman–Crippen MR) is 133 cm³/mol. The number of nitrogens with zero attached hydrogens (tertiary/aromatic N) is 1. The number of rotatable bonds is 5. The Labute approximate surface area is 202 Å². The first-order valence-corrected chi connectivity index (χ1v) is 12.1. The van der Waals surface area contributed by atoms with E-state index >= 15 is 0 Å². The zero-order valence-corrected chi connectivity index (χ0v) is 20.3. The van der Waals surface area contributed by atoms with E-state index in [9.17, 15) is 4.79 Å². The van der Waals surface area contributed by atoms with Gasteiger partial charge in [-0.15, -0.1) is 0 Å². The first kappa shape index (κ1) is 22.2. The second kappa shape index (κ2) is 9.35. The number of hydrogen-bond donors (Lipinski definition) is 1. The molecular weight excluding hydrogens is 448 g/mol. The minimum Gasteiger partial charge on any atom is -0.490 e. The van der Waals surface area contributed by atoms with Gasteiger partial charge < -0.3 is 13.9 Å². The van der Waals surface area contributed by atoms with Gasteiger partial charge in [0.1, 0.15) is 5.76 Å². The Morgan fingerprint density at radius 3 is 2.56 bits per heavy atom. The molecule has 0 aliphatic carbocycles. The van der Waals surface area contributed by atoms with Crippen LogP contribution >= 0.6 is 11.3 Å². The normalized spacial score (nSPS) is 12.9. The molecule has 0 saturated carbocycles. The predicted octanol–water partition coefficient (Wildman–Crippen LogP) is 6.33. The number of carbonyl (C=O) groups excluding carboxylic acids is 1. The number of nitrogens with one attached hydrogen (secondary N) is 1. The molecule has 4 aromatic rings. The number of furan rings is 1. The molecule has 2 aromatic carbocycles. The summed E-state index contributed by atoms with van der Waals surface area (Å²) < 4.78 is 17.3. The van der Waals surface area contributed by atoms with Crippen LogP contribution in [0, 0.1) is 20.8 Å². The first-order valence-electron chi connectivity index (χ1n) is 11.3. The molecule has 1 aliphatic heterocycles. The highest BCUT2D eigenvalue weighted by atomic mass is 32.1. The van der Waals surface area contributed by atoms with Gasteiger partial charge in [0.2, 0.25) is 0 Å². The highest BCUT2D eigenvalue weighted by Gasteiger charge is 2.17. The van der Waals surface area contributed by atoms with E-state index in [2.05, 4.69) is 43.2 Å². The van der Waals surface area contributed by atoms with Gasteiger partial charge in [-0.1, -0.05) is 29.0 Å². The average Bonchev–Trinajstić information content (AvgIpc) is 3.40. The summed E-state index contributed by atoms with van der Waals surface area (Å²) in [5, 5.41) is 3.36. The van der Waals surface area contributed by atoms with Crippen LogP contribution in [-0.4, -0.2) is 24.1 Å². The minimum absolute atomic E-state index is 0.268. The SMILES string of the molecule is Cc1cc(C)c(Cc2ccc(C(=O)Nc3ncc(-c4ccc5c(c4)OCCCO5)s3)o2)c(C)c1. The van der Waals surface area contributed by atoms with Crippen LogP contribution in [0.15, 0.2) is 53.1 Å². The third-order valence-electron chi connectivity index (χ3n) is 5.84. The molecule has 1 N–H and O–H groups in total. The topological polar surface area (TPSA) is 73.6 Å². The number of thiazole rings is 1. The van der Waals surface area contributed by atoms with Gasteiger partial charge in [0.05, 0.1) is 18.1 Å². The van der Waals surface area contributed by atoms with Gasteiger partial charge in [-0.3, -0.25) is 10.1 Å². The zero-order valence-electron chi connectivity index (χ0n) is 19.4. The van der Waals surface area contributed by atoms with Crippen molar-refractivity contribution in [3.05, 3.63) is 82.4 Å². The third-order valence-corrected chi connectivity index (χ3v) is 6.80. The van der Waals surface area contributed by atoms with Crippen molar-refractivity contribution < 1.29 is 18.7 Å². The van der Waals surface area contributed by atoms with Crippen molar-refractivity contribution >= 4 is 22.4 Å². The van der Waals surface area contributed by atoms with E-state index in [0.717, 1.165) is 34.1 Å². The van der Waals surface area contributed by atoms with Crippen molar-refractivity contribution in [2.45, 2.75) is 33.6 Å². The van der Waals surface area contributed by atoms with E-state index in [-0.39, 0.29) is 11.7 Å². The number of aryl methyl sites for hydroxylation is 3. The number of anilines is 1. The van der Waals surface area contributed by atoms with Crippen LogP contribution in [0.25, 0.3) is 10.4 Å². The minimum atomic E-state index is -0.317. The van der Waals surface area contributed by atoms with Crippen LogP contribution in [-0.2, 0) is 6.42 Å². The summed E-state index contributed by atoms with van der Waals surface area (Å²) in [5.74, 6) is 2.19. The van der Waals surface area contributed by atoms with Crippen molar-refractivity contribution in [3.63, 3.8) is 0 Å². The van der Waals surface area contributed by atoms with E-state index < -0.39 is 0 Å². The Kier molecular flexibility index (Phi) is 6.11. The first-order chi connectivity index (χ1) is 16.5. The molecule has 6 nitrogen and oxygen atoms in total. The summed E-state index contributed by atoms with van der Waals surface area (Å²) in [5.41, 5.74) is 5.89. The maximum Gasteiger partial charge on any atom is 0.293 e. The van der Waals surface area contributed by atoms with Gasteiger partial charge >= 0.3 is 0 Å².